The summed E-state index contributed by atoms with van der Waals surface area (Å²) in [5.41, 5.74) is 0. The maximum absolute atomic E-state index is 14.1. The first-order chi connectivity index (χ1) is 24.4. The number of nitrogens with zero attached hydrogens (tertiary/aromatic N) is 2. The number of nitrogens with one attached hydrogen (secondary N) is 4. The highest BCUT2D eigenvalue weighted by atomic mass is 32.2. The zero-order valence-electron chi connectivity index (χ0n) is 31.5. The van der Waals surface area contributed by atoms with Crippen LogP contribution >= 0.6 is 11.8 Å². The maximum Gasteiger partial charge on any atom is 0.246 e. The molecule has 6 amide bonds. The summed E-state index contributed by atoms with van der Waals surface area (Å²) in [5, 5.41) is 21.5. The molecule has 5 N–H and O–H groups in total. The molecule has 0 unspecified atom stereocenters. The Morgan fingerprint density at radius 1 is 0.765 bits per heavy atom. The lowest BCUT2D eigenvalue weighted by molar-refractivity contribution is -0.147. The molecule has 3 fully saturated rings. The van der Waals surface area contributed by atoms with Crippen LogP contribution in [-0.4, -0.2) is 118 Å². The number of hydrogen-bond acceptors (Lipinski definition) is 8. The molecule has 0 aromatic carbocycles. The van der Waals surface area contributed by atoms with E-state index in [1.807, 2.05) is 27.0 Å². The monoisotopic (exact) mass is 736 g/mol. The van der Waals surface area contributed by atoms with Gasteiger partial charge in [-0.3, -0.25) is 28.8 Å². The molecule has 0 aromatic rings. The molecule has 0 radical (unpaired) electrons. The van der Waals surface area contributed by atoms with Crippen molar-refractivity contribution in [2.75, 3.05) is 31.6 Å². The molecule has 1 aliphatic carbocycles. The number of aliphatic hydroxyl groups is 1. The van der Waals surface area contributed by atoms with Crippen LogP contribution in [0.15, 0.2) is 0 Å². The number of thioether (sulfide) groups is 1. The number of carbonyl (C=O) groups excluding carboxylic acids is 6. The average Bonchev–Trinajstić information content (AvgIpc) is 3.62. The third-order valence-electron chi connectivity index (χ3n) is 10.5. The SMILES string of the molecule is CCCNC(=O)[C@@H](NC(=O)[C@@H]1CCCN1C(=O)[C@H](CCSC)NC(=O)[C@@H]1CCCCN1C(=O)[C@@H](NC(=O)CCC1CCCCC1)C(C)C)[C@@H](C)O. The van der Waals surface area contributed by atoms with Crippen LogP contribution in [0, 0.1) is 11.8 Å². The second-order valence-corrected chi connectivity index (χ2v) is 15.9. The van der Waals surface area contributed by atoms with E-state index in [0.717, 1.165) is 32.1 Å². The Kier molecular flexibility index (Phi) is 18.0. The number of aliphatic hydroxyl groups excluding tert-OH is 1. The van der Waals surface area contributed by atoms with Gasteiger partial charge in [-0.1, -0.05) is 52.9 Å². The van der Waals surface area contributed by atoms with Gasteiger partial charge in [0, 0.05) is 26.1 Å². The lowest BCUT2D eigenvalue weighted by Gasteiger charge is -2.38. The number of piperidine rings is 1. The van der Waals surface area contributed by atoms with E-state index < -0.39 is 59.9 Å². The van der Waals surface area contributed by atoms with E-state index in [9.17, 15) is 33.9 Å². The lowest BCUT2D eigenvalue weighted by Crippen LogP contribution is -2.61. The molecule has 6 atom stereocenters. The van der Waals surface area contributed by atoms with E-state index in [4.69, 9.17) is 0 Å². The Hall–Kier alpha value is -2.87. The molecule has 13 nitrogen and oxygen atoms in total. The van der Waals surface area contributed by atoms with Crippen molar-refractivity contribution >= 4 is 47.2 Å². The van der Waals surface area contributed by atoms with Crippen LogP contribution in [0.25, 0.3) is 0 Å². The average molecular weight is 737 g/mol. The Labute approximate surface area is 308 Å². The Morgan fingerprint density at radius 2 is 1.37 bits per heavy atom. The van der Waals surface area contributed by atoms with Crippen molar-refractivity contribution in [3.05, 3.63) is 0 Å². The second kappa shape index (κ2) is 21.6. The van der Waals surface area contributed by atoms with Gasteiger partial charge in [-0.05, 0) is 82.1 Å². The summed E-state index contributed by atoms with van der Waals surface area (Å²) in [7, 11) is 0. The normalized spacial score (nSPS) is 22.1. The Morgan fingerprint density at radius 3 is 2.00 bits per heavy atom. The number of likely N-dealkylation sites (tertiary alicyclic amines) is 2. The van der Waals surface area contributed by atoms with E-state index in [1.165, 1.54) is 42.8 Å². The number of hydrogen-bond donors (Lipinski definition) is 5. The molecule has 2 aliphatic heterocycles. The van der Waals surface area contributed by atoms with Gasteiger partial charge in [0.2, 0.25) is 35.4 Å². The molecular formula is C37H64N6O7S. The van der Waals surface area contributed by atoms with Crippen molar-refractivity contribution in [1.29, 1.82) is 0 Å². The van der Waals surface area contributed by atoms with Gasteiger partial charge in [-0.15, -0.1) is 0 Å². The van der Waals surface area contributed by atoms with Crippen molar-refractivity contribution < 1.29 is 33.9 Å². The lowest BCUT2D eigenvalue weighted by atomic mass is 9.86. The van der Waals surface area contributed by atoms with Crippen molar-refractivity contribution in [2.24, 2.45) is 11.8 Å². The van der Waals surface area contributed by atoms with Gasteiger partial charge in [-0.25, -0.2) is 0 Å². The summed E-state index contributed by atoms with van der Waals surface area (Å²) < 4.78 is 0. The fourth-order valence-corrected chi connectivity index (χ4v) is 7.97. The van der Waals surface area contributed by atoms with E-state index in [1.54, 1.807) is 4.90 Å². The molecule has 290 valence electrons. The topological polar surface area (TPSA) is 177 Å². The molecule has 0 aromatic heterocycles. The van der Waals surface area contributed by atoms with Crippen LogP contribution < -0.4 is 21.3 Å². The van der Waals surface area contributed by atoms with Crippen molar-refractivity contribution in [1.82, 2.24) is 31.1 Å². The minimum atomic E-state index is -1.17. The molecule has 0 bridgehead atoms. The van der Waals surface area contributed by atoms with Crippen molar-refractivity contribution in [3.8, 4) is 0 Å². The number of amides is 6. The summed E-state index contributed by atoms with van der Waals surface area (Å²) in [4.78, 5) is 84.2. The van der Waals surface area contributed by atoms with Crippen LogP contribution in [-0.2, 0) is 28.8 Å². The summed E-state index contributed by atoms with van der Waals surface area (Å²) in [6.07, 6.45) is 11.8. The molecule has 3 rings (SSSR count). The van der Waals surface area contributed by atoms with Gasteiger partial charge in [0.1, 0.15) is 30.2 Å². The maximum atomic E-state index is 14.1. The molecule has 51 heavy (non-hydrogen) atoms. The van der Waals surface area contributed by atoms with Gasteiger partial charge in [-0.2, -0.15) is 11.8 Å². The van der Waals surface area contributed by atoms with E-state index >= 15 is 0 Å². The van der Waals surface area contributed by atoms with Crippen LogP contribution in [0.4, 0.5) is 0 Å². The summed E-state index contributed by atoms with van der Waals surface area (Å²) in [6.45, 7) is 8.21. The van der Waals surface area contributed by atoms with Gasteiger partial charge in [0.25, 0.3) is 0 Å². The highest BCUT2D eigenvalue weighted by Crippen LogP contribution is 2.28. The molecule has 14 heteroatoms. The van der Waals surface area contributed by atoms with Gasteiger partial charge in [0.05, 0.1) is 6.10 Å². The molecule has 2 saturated heterocycles. The molecular weight excluding hydrogens is 673 g/mol. The van der Waals surface area contributed by atoms with Gasteiger partial charge < -0.3 is 36.2 Å². The van der Waals surface area contributed by atoms with E-state index in [2.05, 4.69) is 21.3 Å². The van der Waals surface area contributed by atoms with Crippen molar-refractivity contribution in [3.63, 3.8) is 0 Å². The first-order valence-corrected chi connectivity index (χ1v) is 20.7. The fourth-order valence-electron chi connectivity index (χ4n) is 7.49. The third kappa shape index (κ3) is 12.6. The van der Waals surface area contributed by atoms with E-state index in [0.29, 0.717) is 69.8 Å². The summed E-state index contributed by atoms with van der Waals surface area (Å²) >= 11 is 1.53. The summed E-state index contributed by atoms with van der Waals surface area (Å²) in [5.74, 6) is -1.30. The first-order valence-electron chi connectivity index (χ1n) is 19.3. The third-order valence-corrected chi connectivity index (χ3v) is 11.2. The minimum Gasteiger partial charge on any atom is -0.391 e. The number of carbonyl (C=O) groups is 6. The standard InChI is InChI=1S/C37H64N6O7S/c1-6-20-38-35(48)32(25(4)44)41-34(47)29-16-12-22-42(29)36(49)27(19-23-51-5)39-33(46)28-15-10-11-21-43(28)37(50)31(24(2)3)40-30(45)18-17-26-13-8-7-9-14-26/h24-29,31-32,44H,6-23H2,1-5H3,(H,38,48)(H,39,46)(H,40,45)(H,41,47)/t25-,27+,28+,29+,31+,32+/m1/s1. The zero-order valence-corrected chi connectivity index (χ0v) is 32.4. The first kappa shape index (κ1) is 42.5. The van der Waals surface area contributed by atoms with Gasteiger partial charge >= 0.3 is 0 Å². The largest absolute Gasteiger partial charge is 0.391 e. The predicted octanol–water partition coefficient (Wildman–Crippen LogP) is 2.49. The molecule has 0 spiro atoms. The Balaban J connectivity index is 1.70. The smallest absolute Gasteiger partial charge is 0.246 e. The van der Waals surface area contributed by atoms with Crippen molar-refractivity contribution in [2.45, 2.75) is 154 Å². The van der Waals surface area contributed by atoms with E-state index in [-0.39, 0.29) is 17.7 Å². The molecule has 1 saturated carbocycles. The molecule has 2 heterocycles. The quantitative estimate of drug-likeness (QED) is 0.143. The number of rotatable bonds is 18. The highest BCUT2D eigenvalue weighted by molar-refractivity contribution is 7.98. The highest BCUT2D eigenvalue weighted by Gasteiger charge is 2.42. The molecule has 3 aliphatic rings. The second-order valence-electron chi connectivity index (χ2n) is 14.9. The van der Waals surface area contributed by atoms with Crippen LogP contribution in [0.2, 0.25) is 0 Å². The minimum absolute atomic E-state index is 0.140. The van der Waals surface area contributed by atoms with Crippen LogP contribution in [0.3, 0.4) is 0 Å². The fraction of sp³-hybridized carbons (Fsp3) is 0.838. The summed E-state index contributed by atoms with van der Waals surface area (Å²) in [6, 6.07) is -4.49. The zero-order chi connectivity index (χ0) is 37.5. The predicted molar refractivity (Wildman–Crippen MR) is 199 cm³/mol. The van der Waals surface area contributed by atoms with Gasteiger partial charge in [0.15, 0.2) is 0 Å². The van der Waals surface area contributed by atoms with Crippen LogP contribution in [0.1, 0.15) is 118 Å². The Bertz CT molecular complexity index is 1180. The van der Waals surface area contributed by atoms with Crippen LogP contribution in [0.5, 0.6) is 0 Å².